The van der Waals surface area contributed by atoms with E-state index >= 15 is 0 Å². The molecule has 1 aliphatic rings. The van der Waals surface area contributed by atoms with Crippen LogP contribution >= 0.6 is 0 Å². The van der Waals surface area contributed by atoms with E-state index in [0.717, 1.165) is 31.9 Å². The monoisotopic (exact) mass is 423 g/mol. The van der Waals surface area contributed by atoms with Crippen molar-refractivity contribution in [3.05, 3.63) is 58.9 Å². The number of benzene rings is 2. The number of ether oxygens (including phenoxy) is 1. The van der Waals surface area contributed by atoms with Gasteiger partial charge in [0, 0.05) is 45.0 Å². The Labute approximate surface area is 177 Å². The summed E-state index contributed by atoms with van der Waals surface area (Å²) in [5.74, 6) is -0.338. The molecular weight excluding hydrogens is 401 g/mol. The lowest BCUT2D eigenvalue weighted by Crippen LogP contribution is -2.46. The van der Waals surface area contributed by atoms with Gasteiger partial charge in [-0.15, -0.1) is 0 Å². The molecule has 9 heteroatoms. The molecule has 5 rings (SSSR count). The summed E-state index contributed by atoms with van der Waals surface area (Å²) in [7, 11) is 1.61. The maximum atomic E-state index is 13.4. The third kappa shape index (κ3) is 3.72. The van der Waals surface area contributed by atoms with Crippen LogP contribution in [0.2, 0.25) is 0 Å². The molecule has 2 aromatic carbocycles. The average Bonchev–Trinajstić information content (AvgIpc) is 3.22. The fraction of sp³-hybridized carbons (Fsp3) is 0.318. The first-order chi connectivity index (χ1) is 15.1. The van der Waals surface area contributed by atoms with Crippen LogP contribution in [-0.4, -0.2) is 54.4 Å². The lowest BCUT2D eigenvalue weighted by atomic mass is 10.2. The van der Waals surface area contributed by atoms with E-state index in [0.29, 0.717) is 41.2 Å². The maximum absolute atomic E-state index is 13.4. The van der Waals surface area contributed by atoms with Crippen molar-refractivity contribution in [2.24, 2.45) is 0 Å². The second kappa shape index (κ2) is 7.99. The number of methoxy groups -OCH3 is 1. The SMILES string of the molecule is COCCn1cnc2cc(N3CCN(c4nc5ccc(F)cc5o4)CC3)ccc2c1=O. The van der Waals surface area contributed by atoms with Gasteiger partial charge in [-0.1, -0.05) is 0 Å². The van der Waals surface area contributed by atoms with Gasteiger partial charge >= 0.3 is 0 Å². The summed E-state index contributed by atoms with van der Waals surface area (Å²) in [5, 5.41) is 0.597. The van der Waals surface area contributed by atoms with Crippen LogP contribution in [0.3, 0.4) is 0 Å². The van der Waals surface area contributed by atoms with Gasteiger partial charge in [0.25, 0.3) is 11.6 Å². The number of anilines is 2. The highest BCUT2D eigenvalue weighted by atomic mass is 19.1. The second-order valence-corrected chi connectivity index (χ2v) is 7.52. The average molecular weight is 423 g/mol. The van der Waals surface area contributed by atoms with Crippen LogP contribution in [0.15, 0.2) is 51.9 Å². The Kier molecular flexibility index (Phi) is 5.03. The topological polar surface area (TPSA) is 76.6 Å². The molecule has 2 aromatic heterocycles. The number of hydrogen-bond donors (Lipinski definition) is 0. The highest BCUT2D eigenvalue weighted by Crippen LogP contribution is 2.25. The molecule has 1 fully saturated rings. The molecule has 0 radical (unpaired) electrons. The van der Waals surface area contributed by atoms with Crippen molar-refractivity contribution < 1.29 is 13.5 Å². The number of oxazole rings is 1. The largest absolute Gasteiger partial charge is 0.423 e. The Morgan fingerprint density at radius 2 is 1.87 bits per heavy atom. The lowest BCUT2D eigenvalue weighted by molar-refractivity contribution is 0.186. The minimum Gasteiger partial charge on any atom is -0.423 e. The molecule has 8 nitrogen and oxygen atoms in total. The normalized spacial score (nSPS) is 14.6. The van der Waals surface area contributed by atoms with Crippen LogP contribution in [0.5, 0.6) is 0 Å². The van der Waals surface area contributed by atoms with Crippen molar-refractivity contribution in [3.8, 4) is 0 Å². The van der Waals surface area contributed by atoms with Crippen LogP contribution in [-0.2, 0) is 11.3 Å². The molecule has 0 saturated carbocycles. The lowest BCUT2D eigenvalue weighted by Gasteiger charge is -2.35. The molecule has 31 heavy (non-hydrogen) atoms. The van der Waals surface area contributed by atoms with Gasteiger partial charge in [0.1, 0.15) is 11.3 Å². The zero-order chi connectivity index (χ0) is 21.4. The predicted octanol–water partition coefficient (Wildman–Crippen LogP) is 2.65. The quantitative estimate of drug-likeness (QED) is 0.488. The number of piperazine rings is 1. The zero-order valence-corrected chi connectivity index (χ0v) is 17.1. The number of rotatable bonds is 5. The van der Waals surface area contributed by atoms with Crippen LogP contribution in [0.1, 0.15) is 0 Å². The fourth-order valence-corrected chi connectivity index (χ4v) is 3.87. The summed E-state index contributed by atoms with van der Waals surface area (Å²) in [6, 6.07) is 10.6. The van der Waals surface area contributed by atoms with Crippen molar-refractivity contribution in [1.82, 2.24) is 14.5 Å². The van der Waals surface area contributed by atoms with Gasteiger partial charge in [-0.2, -0.15) is 4.98 Å². The molecule has 160 valence electrons. The molecule has 0 atom stereocenters. The Balaban J connectivity index is 1.32. The van der Waals surface area contributed by atoms with E-state index in [1.165, 1.54) is 12.1 Å². The van der Waals surface area contributed by atoms with E-state index in [4.69, 9.17) is 9.15 Å². The molecule has 1 saturated heterocycles. The summed E-state index contributed by atoms with van der Waals surface area (Å²) >= 11 is 0. The molecule has 0 spiro atoms. The summed E-state index contributed by atoms with van der Waals surface area (Å²) in [5.41, 5.74) is 2.74. The molecule has 0 amide bonds. The van der Waals surface area contributed by atoms with Crippen molar-refractivity contribution in [3.63, 3.8) is 0 Å². The molecule has 0 bridgehead atoms. The number of aromatic nitrogens is 3. The summed E-state index contributed by atoms with van der Waals surface area (Å²) in [4.78, 5) is 25.9. The van der Waals surface area contributed by atoms with E-state index in [1.54, 1.807) is 24.1 Å². The molecule has 4 aromatic rings. The standard InChI is InChI=1S/C22H22FN5O3/c1-30-11-10-28-14-24-19-13-16(3-4-17(19)21(28)29)26-6-8-27(9-7-26)22-25-18-5-2-15(23)12-20(18)31-22/h2-5,12-14H,6-11H2,1H3. The third-order valence-corrected chi connectivity index (χ3v) is 5.60. The van der Waals surface area contributed by atoms with Gasteiger partial charge < -0.3 is 19.0 Å². The van der Waals surface area contributed by atoms with Crippen molar-refractivity contribution in [2.45, 2.75) is 6.54 Å². The van der Waals surface area contributed by atoms with Gasteiger partial charge in [0.15, 0.2) is 5.58 Å². The first-order valence-electron chi connectivity index (χ1n) is 10.2. The van der Waals surface area contributed by atoms with Gasteiger partial charge in [0.05, 0.1) is 30.4 Å². The third-order valence-electron chi connectivity index (χ3n) is 5.60. The smallest absolute Gasteiger partial charge is 0.298 e. The highest BCUT2D eigenvalue weighted by Gasteiger charge is 2.22. The summed E-state index contributed by atoms with van der Waals surface area (Å²) in [6.07, 6.45) is 1.57. The summed E-state index contributed by atoms with van der Waals surface area (Å²) < 4.78 is 25.8. The van der Waals surface area contributed by atoms with E-state index < -0.39 is 0 Å². The molecular formula is C22H22FN5O3. The van der Waals surface area contributed by atoms with Gasteiger partial charge in [-0.25, -0.2) is 9.37 Å². The van der Waals surface area contributed by atoms with E-state index in [-0.39, 0.29) is 11.4 Å². The first kappa shape index (κ1) is 19.5. The number of nitrogens with zero attached hydrogens (tertiary/aromatic N) is 5. The number of halogens is 1. The van der Waals surface area contributed by atoms with Crippen LogP contribution < -0.4 is 15.4 Å². The fourth-order valence-electron chi connectivity index (χ4n) is 3.87. The predicted molar refractivity (Wildman–Crippen MR) is 116 cm³/mol. The second-order valence-electron chi connectivity index (χ2n) is 7.52. The van der Waals surface area contributed by atoms with E-state index in [2.05, 4.69) is 19.8 Å². The number of fused-ring (bicyclic) bond motifs is 2. The highest BCUT2D eigenvalue weighted by molar-refractivity contribution is 5.81. The van der Waals surface area contributed by atoms with Crippen molar-refractivity contribution in [2.75, 3.05) is 49.7 Å². The Morgan fingerprint density at radius 3 is 2.68 bits per heavy atom. The van der Waals surface area contributed by atoms with Gasteiger partial charge in [-0.05, 0) is 30.3 Å². The van der Waals surface area contributed by atoms with Gasteiger partial charge in [-0.3, -0.25) is 9.36 Å². The van der Waals surface area contributed by atoms with Crippen LogP contribution in [0.4, 0.5) is 16.1 Å². The minimum absolute atomic E-state index is 0.0641. The first-order valence-corrected chi connectivity index (χ1v) is 10.2. The molecule has 1 aliphatic heterocycles. The van der Waals surface area contributed by atoms with Crippen molar-refractivity contribution in [1.29, 1.82) is 0 Å². The van der Waals surface area contributed by atoms with E-state index in [9.17, 15) is 9.18 Å². The molecule has 3 heterocycles. The van der Waals surface area contributed by atoms with Crippen molar-refractivity contribution >= 4 is 33.7 Å². The van der Waals surface area contributed by atoms with Crippen LogP contribution in [0.25, 0.3) is 22.0 Å². The molecule has 0 unspecified atom stereocenters. The maximum Gasteiger partial charge on any atom is 0.298 e. The minimum atomic E-state index is -0.338. The Bertz CT molecular complexity index is 1290. The molecule has 0 N–H and O–H groups in total. The summed E-state index contributed by atoms with van der Waals surface area (Å²) in [6.45, 7) is 3.92. The molecule has 0 aliphatic carbocycles. The Morgan fingerprint density at radius 1 is 1.06 bits per heavy atom. The Hall–Kier alpha value is -3.46. The van der Waals surface area contributed by atoms with E-state index in [1.807, 2.05) is 18.2 Å². The van der Waals surface area contributed by atoms with Gasteiger partial charge in [0.2, 0.25) is 0 Å². The number of hydrogen-bond acceptors (Lipinski definition) is 7. The zero-order valence-electron chi connectivity index (χ0n) is 17.1. The van der Waals surface area contributed by atoms with Crippen LogP contribution in [0, 0.1) is 5.82 Å².